The first-order chi connectivity index (χ1) is 12.7. The molecule has 0 heterocycles. The van der Waals surface area contributed by atoms with Crippen molar-refractivity contribution in [3.8, 4) is 5.75 Å². The Hall–Kier alpha value is -2.81. The van der Waals surface area contributed by atoms with E-state index in [1.807, 2.05) is 41.7 Å². The third-order valence-corrected chi connectivity index (χ3v) is 3.78. The van der Waals surface area contributed by atoms with Crippen molar-refractivity contribution in [1.82, 2.24) is 10.6 Å². The summed E-state index contributed by atoms with van der Waals surface area (Å²) >= 11 is 0. The molecule has 1 unspecified atom stereocenters. The highest BCUT2D eigenvalue weighted by Crippen LogP contribution is 2.21. The maximum absolute atomic E-state index is 12.0. The average Bonchev–Trinajstić information content (AvgIpc) is 2.58. The number of fused-ring (bicyclic) bond motifs is 1. The Morgan fingerprint density at radius 1 is 1.11 bits per heavy atom. The van der Waals surface area contributed by atoms with Crippen molar-refractivity contribution in [2.75, 3.05) is 27.2 Å². The number of nitrogens with one attached hydrogen (secondary N) is 3. The van der Waals surface area contributed by atoms with Gasteiger partial charge in [0.1, 0.15) is 18.8 Å². The molecule has 0 fully saturated rings. The summed E-state index contributed by atoms with van der Waals surface area (Å²) in [6.45, 7) is -1.03. The maximum Gasteiger partial charge on any atom is 0.405 e. The summed E-state index contributed by atoms with van der Waals surface area (Å²) in [5.74, 6) is 0.108. The van der Waals surface area contributed by atoms with E-state index in [2.05, 4.69) is 0 Å². The number of alkyl halides is 3. The molecule has 0 saturated heterocycles. The molecule has 146 valence electrons. The first kappa shape index (κ1) is 20.5. The Balaban J connectivity index is 1.87. The lowest BCUT2D eigenvalue weighted by molar-refractivity contribution is -0.885. The highest BCUT2D eigenvalue weighted by molar-refractivity contribution is 5.94. The fourth-order valence-electron chi connectivity index (χ4n) is 2.59. The standard InChI is InChI=1S/C18H20F3N3O3/c1-24(10-16(25)23-17(26)22-11-18(19,20)21)9-12-3-4-14-8-15(27-2)6-5-13(14)7-12/h3-8H,9-11H2,1-2H3,(H2,22,23,25,26)/p+1. The van der Waals surface area contributed by atoms with E-state index in [1.54, 1.807) is 19.5 Å². The van der Waals surface area contributed by atoms with Crippen molar-refractivity contribution >= 4 is 22.7 Å². The average molecular weight is 384 g/mol. The van der Waals surface area contributed by atoms with E-state index >= 15 is 0 Å². The number of quaternary nitrogens is 1. The molecule has 0 aliphatic rings. The number of benzene rings is 2. The normalized spacial score (nSPS) is 12.5. The van der Waals surface area contributed by atoms with Gasteiger partial charge in [0.05, 0.1) is 14.2 Å². The summed E-state index contributed by atoms with van der Waals surface area (Å²) in [5.41, 5.74) is 0.986. The van der Waals surface area contributed by atoms with Crippen LogP contribution in [-0.2, 0) is 11.3 Å². The predicted molar refractivity (Wildman–Crippen MR) is 93.6 cm³/mol. The van der Waals surface area contributed by atoms with Gasteiger partial charge in [0.15, 0.2) is 6.54 Å². The quantitative estimate of drug-likeness (QED) is 0.702. The minimum atomic E-state index is -4.53. The summed E-state index contributed by atoms with van der Waals surface area (Å²) in [6.07, 6.45) is -4.53. The molecule has 27 heavy (non-hydrogen) atoms. The number of halogens is 3. The Labute approximate surface area is 154 Å². The second kappa shape index (κ2) is 8.72. The van der Waals surface area contributed by atoms with E-state index in [4.69, 9.17) is 4.74 Å². The van der Waals surface area contributed by atoms with Crippen LogP contribution in [0.4, 0.5) is 18.0 Å². The molecule has 1 atom stereocenters. The van der Waals surface area contributed by atoms with Gasteiger partial charge in [-0.25, -0.2) is 4.79 Å². The van der Waals surface area contributed by atoms with Gasteiger partial charge in [0.25, 0.3) is 5.91 Å². The third-order valence-electron chi connectivity index (χ3n) is 3.78. The Kier molecular flexibility index (Phi) is 6.62. The fraction of sp³-hybridized carbons (Fsp3) is 0.333. The molecule has 2 aromatic rings. The predicted octanol–water partition coefficient (Wildman–Crippen LogP) is 1.25. The van der Waals surface area contributed by atoms with Crippen molar-refractivity contribution in [2.45, 2.75) is 12.7 Å². The number of hydrogen-bond donors (Lipinski definition) is 3. The lowest BCUT2D eigenvalue weighted by Crippen LogP contribution is -3.09. The van der Waals surface area contributed by atoms with Crippen LogP contribution in [0.5, 0.6) is 5.75 Å². The van der Waals surface area contributed by atoms with Crippen LogP contribution >= 0.6 is 0 Å². The van der Waals surface area contributed by atoms with Crippen molar-refractivity contribution in [3.63, 3.8) is 0 Å². The van der Waals surface area contributed by atoms with Crippen molar-refractivity contribution in [3.05, 3.63) is 42.0 Å². The van der Waals surface area contributed by atoms with Gasteiger partial charge >= 0.3 is 12.2 Å². The van der Waals surface area contributed by atoms with E-state index in [-0.39, 0.29) is 6.54 Å². The summed E-state index contributed by atoms with van der Waals surface area (Å²) in [4.78, 5) is 23.8. The number of rotatable bonds is 6. The molecular formula is C18H21F3N3O3+. The van der Waals surface area contributed by atoms with E-state index in [0.29, 0.717) is 6.54 Å². The number of hydrogen-bond acceptors (Lipinski definition) is 3. The van der Waals surface area contributed by atoms with Crippen LogP contribution in [-0.4, -0.2) is 45.4 Å². The van der Waals surface area contributed by atoms with Gasteiger partial charge in [-0.05, 0) is 29.0 Å². The number of carbonyl (C=O) groups is 2. The molecule has 9 heteroatoms. The summed E-state index contributed by atoms with van der Waals surface area (Å²) in [6, 6.07) is 10.4. The molecule has 3 amide bonds. The Bertz CT molecular complexity index is 824. The molecule has 3 N–H and O–H groups in total. The molecule has 0 aliphatic carbocycles. The monoisotopic (exact) mass is 384 g/mol. The van der Waals surface area contributed by atoms with Crippen LogP contribution in [0.1, 0.15) is 5.56 Å². The fourth-order valence-corrected chi connectivity index (χ4v) is 2.59. The lowest BCUT2D eigenvalue weighted by atomic mass is 10.1. The summed E-state index contributed by atoms with van der Waals surface area (Å²) in [7, 11) is 3.35. The third kappa shape index (κ3) is 6.78. The zero-order valence-corrected chi connectivity index (χ0v) is 14.9. The second-order valence-corrected chi connectivity index (χ2v) is 6.20. The molecule has 0 radical (unpaired) electrons. The van der Waals surface area contributed by atoms with E-state index in [0.717, 1.165) is 27.0 Å². The number of amides is 3. The second-order valence-electron chi connectivity index (χ2n) is 6.20. The van der Waals surface area contributed by atoms with E-state index < -0.39 is 24.7 Å². The molecule has 0 aliphatic heterocycles. The van der Waals surface area contributed by atoms with Gasteiger partial charge in [0.2, 0.25) is 0 Å². The Morgan fingerprint density at radius 3 is 2.44 bits per heavy atom. The highest BCUT2D eigenvalue weighted by Gasteiger charge is 2.28. The summed E-state index contributed by atoms with van der Waals surface area (Å²) in [5, 5.41) is 5.53. The molecule has 0 bridgehead atoms. The number of ether oxygens (including phenoxy) is 1. The molecule has 6 nitrogen and oxygen atoms in total. The van der Waals surface area contributed by atoms with Crippen LogP contribution in [0.25, 0.3) is 10.8 Å². The van der Waals surface area contributed by atoms with Gasteiger partial charge in [-0.15, -0.1) is 0 Å². The molecule has 0 saturated carbocycles. The van der Waals surface area contributed by atoms with Crippen molar-refractivity contribution < 1.29 is 32.4 Å². The highest BCUT2D eigenvalue weighted by atomic mass is 19.4. The number of likely N-dealkylation sites (N-methyl/N-ethyl adjacent to an activating group) is 1. The number of imide groups is 1. The minimum Gasteiger partial charge on any atom is -0.497 e. The van der Waals surface area contributed by atoms with Crippen LogP contribution in [0, 0.1) is 0 Å². The first-order valence-corrected chi connectivity index (χ1v) is 8.18. The van der Waals surface area contributed by atoms with Gasteiger partial charge in [-0.2, -0.15) is 13.2 Å². The van der Waals surface area contributed by atoms with E-state index in [1.165, 1.54) is 0 Å². The molecule has 0 aromatic heterocycles. The van der Waals surface area contributed by atoms with E-state index in [9.17, 15) is 22.8 Å². The molecule has 0 spiro atoms. The van der Waals surface area contributed by atoms with Gasteiger partial charge < -0.3 is 15.0 Å². The zero-order valence-electron chi connectivity index (χ0n) is 14.9. The van der Waals surface area contributed by atoms with Crippen molar-refractivity contribution in [1.29, 1.82) is 0 Å². The minimum absolute atomic E-state index is 0.0555. The van der Waals surface area contributed by atoms with Crippen LogP contribution in [0.15, 0.2) is 36.4 Å². The number of methoxy groups -OCH3 is 1. The zero-order chi connectivity index (χ0) is 20.0. The van der Waals surface area contributed by atoms with Crippen LogP contribution in [0.3, 0.4) is 0 Å². The largest absolute Gasteiger partial charge is 0.497 e. The van der Waals surface area contributed by atoms with Gasteiger partial charge in [-0.3, -0.25) is 10.1 Å². The SMILES string of the molecule is COc1ccc2cc(C[NH+](C)CC(=O)NC(=O)NCC(F)(F)F)ccc2c1. The molecule has 2 rings (SSSR count). The van der Waals surface area contributed by atoms with Gasteiger partial charge in [0, 0.05) is 5.56 Å². The number of carbonyl (C=O) groups excluding carboxylic acids is 2. The number of urea groups is 1. The van der Waals surface area contributed by atoms with Crippen LogP contribution < -0.4 is 20.3 Å². The molecular weight excluding hydrogens is 363 g/mol. The first-order valence-electron chi connectivity index (χ1n) is 8.18. The summed E-state index contributed by atoms with van der Waals surface area (Å²) < 4.78 is 41.2. The van der Waals surface area contributed by atoms with Crippen LogP contribution in [0.2, 0.25) is 0 Å². The lowest BCUT2D eigenvalue weighted by Gasteiger charge is -2.14. The smallest absolute Gasteiger partial charge is 0.405 e. The van der Waals surface area contributed by atoms with Gasteiger partial charge in [-0.1, -0.05) is 18.2 Å². The van der Waals surface area contributed by atoms with Crippen molar-refractivity contribution in [2.24, 2.45) is 0 Å². The molecule has 2 aromatic carbocycles. The topological polar surface area (TPSA) is 71.9 Å². The maximum atomic E-state index is 12.0. The Morgan fingerprint density at radius 2 is 1.78 bits per heavy atom.